The van der Waals surface area contributed by atoms with E-state index in [1.807, 2.05) is 0 Å². The van der Waals surface area contributed by atoms with E-state index >= 15 is 0 Å². The van der Waals surface area contributed by atoms with Crippen molar-refractivity contribution in [3.8, 4) is 11.3 Å². The smallest absolute Gasteiger partial charge is 0.223 e. The normalized spacial score (nSPS) is 10.6. The Morgan fingerprint density at radius 2 is 2.10 bits per heavy atom. The molecule has 3 nitrogen and oxygen atoms in total. The number of amides is 1. The summed E-state index contributed by atoms with van der Waals surface area (Å²) >= 11 is 1.58. The number of carbonyl (C=O) groups excluding carboxylic acids is 1. The Kier molecular flexibility index (Phi) is 4.55. The van der Waals surface area contributed by atoms with Crippen LogP contribution in [0.1, 0.15) is 36.3 Å². The number of anilines is 1. The Morgan fingerprint density at radius 1 is 1.35 bits per heavy atom. The summed E-state index contributed by atoms with van der Waals surface area (Å²) < 4.78 is 0. The molecule has 1 aromatic heterocycles. The summed E-state index contributed by atoms with van der Waals surface area (Å²) in [5.74, 6) is -0.0747. The Labute approximate surface area is 124 Å². The van der Waals surface area contributed by atoms with Gasteiger partial charge in [-0.15, -0.1) is 11.3 Å². The molecular weight excluding hydrogens is 268 g/mol. The van der Waals surface area contributed by atoms with Crippen LogP contribution in [0.15, 0.2) is 18.2 Å². The summed E-state index contributed by atoms with van der Waals surface area (Å²) in [4.78, 5) is 17.1. The lowest BCUT2D eigenvalue weighted by Gasteiger charge is -2.06. The second kappa shape index (κ2) is 6.18. The van der Waals surface area contributed by atoms with Crippen molar-refractivity contribution in [3.05, 3.63) is 34.2 Å². The third kappa shape index (κ3) is 3.25. The SMILES string of the molecule is CCCc1sc(NC(C)=O)nc1-c1cc(C)ccc1C. The molecule has 4 heteroatoms. The summed E-state index contributed by atoms with van der Waals surface area (Å²) in [6.45, 7) is 7.86. The molecule has 0 saturated carbocycles. The molecule has 1 aromatic carbocycles. The molecule has 2 rings (SSSR count). The molecule has 0 aliphatic carbocycles. The quantitative estimate of drug-likeness (QED) is 0.909. The van der Waals surface area contributed by atoms with Crippen LogP contribution in [0.2, 0.25) is 0 Å². The molecule has 20 heavy (non-hydrogen) atoms. The lowest BCUT2D eigenvalue weighted by molar-refractivity contribution is -0.114. The van der Waals surface area contributed by atoms with E-state index < -0.39 is 0 Å². The van der Waals surface area contributed by atoms with Gasteiger partial charge >= 0.3 is 0 Å². The van der Waals surface area contributed by atoms with Crippen LogP contribution in [0.4, 0.5) is 5.13 Å². The van der Waals surface area contributed by atoms with Crippen LogP contribution in [0.25, 0.3) is 11.3 Å². The predicted molar refractivity (Wildman–Crippen MR) is 85.3 cm³/mol. The summed E-state index contributed by atoms with van der Waals surface area (Å²) in [6, 6.07) is 6.40. The number of hydrogen-bond donors (Lipinski definition) is 1. The van der Waals surface area contributed by atoms with E-state index in [-0.39, 0.29) is 5.91 Å². The fourth-order valence-electron chi connectivity index (χ4n) is 2.15. The van der Waals surface area contributed by atoms with Crippen molar-refractivity contribution >= 4 is 22.4 Å². The molecule has 0 atom stereocenters. The zero-order chi connectivity index (χ0) is 14.7. The molecule has 0 saturated heterocycles. The largest absolute Gasteiger partial charge is 0.302 e. The highest BCUT2D eigenvalue weighted by molar-refractivity contribution is 7.16. The van der Waals surface area contributed by atoms with Crippen molar-refractivity contribution in [2.75, 3.05) is 5.32 Å². The number of hydrogen-bond acceptors (Lipinski definition) is 3. The number of carbonyl (C=O) groups is 1. The van der Waals surface area contributed by atoms with Gasteiger partial charge in [-0.25, -0.2) is 4.98 Å². The number of aryl methyl sites for hydroxylation is 3. The van der Waals surface area contributed by atoms with Gasteiger partial charge in [-0.3, -0.25) is 4.79 Å². The standard InChI is InChI=1S/C16H20N2OS/c1-5-6-14-15(18-16(20-14)17-12(4)19)13-9-10(2)7-8-11(13)3/h7-9H,5-6H2,1-4H3,(H,17,18,19). The zero-order valence-electron chi connectivity index (χ0n) is 12.4. The third-order valence-corrected chi connectivity index (χ3v) is 4.14. The average Bonchev–Trinajstić information content (AvgIpc) is 2.74. The first-order chi connectivity index (χ1) is 9.51. The Balaban J connectivity index is 2.50. The first kappa shape index (κ1) is 14.7. The van der Waals surface area contributed by atoms with Gasteiger partial charge in [0.05, 0.1) is 5.69 Å². The average molecular weight is 288 g/mol. The maximum Gasteiger partial charge on any atom is 0.223 e. The first-order valence-corrected chi connectivity index (χ1v) is 7.67. The minimum Gasteiger partial charge on any atom is -0.302 e. The fraction of sp³-hybridized carbons (Fsp3) is 0.375. The van der Waals surface area contributed by atoms with Crippen molar-refractivity contribution < 1.29 is 4.79 Å². The molecule has 0 spiro atoms. The number of nitrogens with zero attached hydrogens (tertiary/aromatic N) is 1. The van der Waals surface area contributed by atoms with E-state index in [2.05, 4.69) is 49.3 Å². The van der Waals surface area contributed by atoms with E-state index in [9.17, 15) is 4.79 Å². The van der Waals surface area contributed by atoms with Crippen LogP contribution in [0, 0.1) is 13.8 Å². The monoisotopic (exact) mass is 288 g/mol. The minimum absolute atomic E-state index is 0.0747. The topological polar surface area (TPSA) is 42.0 Å². The van der Waals surface area contributed by atoms with Gasteiger partial charge in [-0.05, 0) is 31.9 Å². The highest BCUT2D eigenvalue weighted by Gasteiger charge is 2.15. The zero-order valence-corrected chi connectivity index (χ0v) is 13.2. The van der Waals surface area contributed by atoms with Crippen molar-refractivity contribution in [2.24, 2.45) is 0 Å². The lowest BCUT2D eigenvalue weighted by Crippen LogP contribution is -2.05. The summed E-state index contributed by atoms with van der Waals surface area (Å²) in [5, 5.41) is 3.49. The lowest BCUT2D eigenvalue weighted by atomic mass is 10.0. The van der Waals surface area contributed by atoms with Gasteiger partial charge < -0.3 is 5.32 Å². The van der Waals surface area contributed by atoms with E-state index in [4.69, 9.17) is 0 Å². The Morgan fingerprint density at radius 3 is 2.75 bits per heavy atom. The van der Waals surface area contributed by atoms with E-state index in [0.29, 0.717) is 5.13 Å². The molecular formula is C16H20N2OS. The molecule has 0 radical (unpaired) electrons. The second-order valence-corrected chi connectivity index (χ2v) is 6.12. The third-order valence-electron chi connectivity index (χ3n) is 3.11. The number of aromatic nitrogens is 1. The van der Waals surface area contributed by atoms with Crippen LogP contribution in [-0.2, 0) is 11.2 Å². The number of thiazole rings is 1. The number of benzene rings is 1. The van der Waals surface area contributed by atoms with Gasteiger partial charge in [0.1, 0.15) is 0 Å². The molecule has 0 fully saturated rings. The molecule has 106 valence electrons. The van der Waals surface area contributed by atoms with E-state index in [0.717, 1.165) is 18.5 Å². The molecule has 2 aromatic rings. The van der Waals surface area contributed by atoms with Crippen molar-refractivity contribution in [3.63, 3.8) is 0 Å². The fourth-order valence-corrected chi connectivity index (χ4v) is 3.28. The summed E-state index contributed by atoms with van der Waals surface area (Å²) in [6.07, 6.45) is 2.06. The van der Waals surface area contributed by atoms with Crippen LogP contribution in [-0.4, -0.2) is 10.9 Å². The van der Waals surface area contributed by atoms with Crippen LogP contribution in [0.5, 0.6) is 0 Å². The van der Waals surface area contributed by atoms with Gasteiger partial charge in [0.15, 0.2) is 5.13 Å². The number of nitrogens with one attached hydrogen (secondary N) is 1. The molecule has 0 bridgehead atoms. The molecule has 1 N–H and O–H groups in total. The minimum atomic E-state index is -0.0747. The van der Waals surface area contributed by atoms with E-state index in [1.54, 1.807) is 11.3 Å². The first-order valence-electron chi connectivity index (χ1n) is 6.86. The molecule has 1 amide bonds. The summed E-state index contributed by atoms with van der Waals surface area (Å²) in [5.41, 5.74) is 4.62. The van der Waals surface area contributed by atoms with Gasteiger partial charge in [0.2, 0.25) is 5.91 Å². The highest BCUT2D eigenvalue weighted by atomic mass is 32.1. The molecule has 0 aliphatic heterocycles. The maximum atomic E-state index is 11.2. The van der Waals surface area contributed by atoms with Gasteiger partial charge in [-0.1, -0.05) is 31.0 Å². The van der Waals surface area contributed by atoms with Gasteiger partial charge in [0.25, 0.3) is 0 Å². The molecule has 0 unspecified atom stereocenters. The Hall–Kier alpha value is -1.68. The van der Waals surface area contributed by atoms with Crippen molar-refractivity contribution in [2.45, 2.75) is 40.5 Å². The predicted octanol–water partition coefficient (Wildman–Crippen LogP) is 4.34. The highest BCUT2D eigenvalue weighted by Crippen LogP contribution is 2.34. The van der Waals surface area contributed by atoms with Gasteiger partial charge in [0, 0.05) is 17.4 Å². The van der Waals surface area contributed by atoms with Crippen LogP contribution in [0.3, 0.4) is 0 Å². The maximum absolute atomic E-state index is 11.2. The van der Waals surface area contributed by atoms with Crippen molar-refractivity contribution in [1.29, 1.82) is 0 Å². The van der Waals surface area contributed by atoms with E-state index in [1.165, 1.54) is 28.5 Å². The second-order valence-electron chi connectivity index (χ2n) is 5.04. The van der Waals surface area contributed by atoms with Crippen LogP contribution >= 0.6 is 11.3 Å². The molecule has 1 heterocycles. The molecule has 0 aliphatic rings. The van der Waals surface area contributed by atoms with Crippen LogP contribution < -0.4 is 5.32 Å². The summed E-state index contributed by atoms with van der Waals surface area (Å²) in [7, 11) is 0. The van der Waals surface area contributed by atoms with Gasteiger partial charge in [-0.2, -0.15) is 0 Å². The number of rotatable bonds is 4. The van der Waals surface area contributed by atoms with Crippen molar-refractivity contribution in [1.82, 2.24) is 4.98 Å². The Bertz CT molecular complexity index is 631.